The first kappa shape index (κ1) is 11.6. The average Bonchev–Trinajstić information content (AvgIpc) is 2.81. The van der Waals surface area contributed by atoms with Gasteiger partial charge in [-0.2, -0.15) is 4.98 Å². The van der Waals surface area contributed by atoms with Crippen LogP contribution in [0.5, 0.6) is 5.88 Å². The summed E-state index contributed by atoms with van der Waals surface area (Å²) in [5.41, 5.74) is 0. The summed E-state index contributed by atoms with van der Waals surface area (Å²) < 4.78 is 11.7. The molecule has 2 heterocycles. The van der Waals surface area contributed by atoms with Crippen LogP contribution in [0.3, 0.4) is 0 Å². The fourth-order valence-corrected chi connectivity index (χ4v) is 1.79. The van der Waals surface area contributed by atoms with Crippen LogP contribution in [0.25, 0.3) is 0 Å². The Kier molecular flexibility index (Phi) is 3.95. The average molecular weight is 288 g/mol. The first-order valence-electron chi connectivity index (χ1n) is 5.20. The fourth-order valence-electron chi connectivity index (χ4n) is 1.48. The van der Waals surface area contributed by atoms with E-state index in [4.69, 9.17) is 9.47 Å². The molecule has 1 atom stereocenters. The third-order valence-electron chi connectivity index (χ3n) is 2.42. The van der Waals surface area contributed by atoms with Crippen molar-refractivity contribution in [1.29, 1.82) is 0 Å². The van der Waals surface area contributed by atoms with Gasteiger partial charge in [0.2, 0.25) is 11.8 Å². The van der Waals surface area contributed by atoms with Crippen LogP contribution >= 0.6 is 15.9 Å². The number of nitrogens with one attached hydrogen (secondary N) is 1. The predicted molar refractivity (Wildman–Crippen MR) is 63.7 cm³/mol. The molecule has 1 aliphatic heterocycles. The third kappa shape index (κ3) is 2.82. The normalized spacial score (nSPS) is 19.8. The Balaban J connectivity index is 1.96. The highest BCUT2D eigenvalue weighted by molar-refractivity contribution is 9.10. The number of rotatable bonds is 4. The van der Waals surface area contributed by atoms with Crippen molar-refractivity contribution in [3.05, 3.63) is 10.7 Å². The Morgan fingerprint density at radius 2 is 2.56 bits per heavy atom. The molecule has 1 N–H and O–H groups in total. The molecule has 1 fully saturated rings. The maximum Gasteiger partial charge on any atom is 0.232 e. The largest absolute Gasteiger partial charge is 0.476 e. The lowest BCUT2D eigenvalue weighted by Gasteiger charge is -2.11. The molecule has 0 aromatic carbocycles. The molecule has 0 bridgehead atoms. The van der Waals surface area contributed by atoms with Gasteiger partial charge in [-0.15, -0.1) is 0 Å². The maximum atomic E-state index is 5.65. The molecule has 88 valence electrons. The molecule has 16 heavy (non-hydrogen) atoms. The van der Waals surface area contributed by atoms with E-state index < -0.39 is 0 Å². The highest BCUT2D eigenvalue weighted by atomic mass is 79.9. The van der Waals surface area contributed by atoms with Crippen molar-refractivity contribution >= 4 is 21.9 Å². The van der Waals surface area contributed by atoms with Gasteiger partial charge < -0.3 is 14.8 Å². The first-order valence-corrected chi connectivity index (χ1v) is 5.99. The molecule has 0 saturated carbocycles. The molecule has 5 nitrogen and oxygen atoms in total. The molecule has 1 unspecified atom stereocenters. The molecular formula is C10H14BrN3O2. The second kappa shape index (κ2) is 5.45. The minimum absolute atomic E-state index is 0.472. The lowest BCUT2D eigenvalue weighted by atomic mass is 10.1. The zero-order valence-electron chi connectivity index (χ0n) is 9.07. The van der Waals surface area contributed by atoms with Gasteiger partial charge in [0.05, 0.1) is 23.9 Å². The van der Waals surface area contributed by atoms with E-state index in [0.717, 1.165) is 24.1 Å². The second-order valence-electron chi connectivity index (χ2n) is 3.64. The van der Waals surface area contributed by atoms with E-state index in [-0.39, 0.29) is 0 Å². The molecule has 6 heteroatoms. The molecule has 1 aromatic heterocycles. The summed E-state index contributed by atoms with van der Waals surface area (Å²) in [5, 5.41) is 2.87. The summed E-state index contributed by atoms with van der Waals surface area (Å²) in [6.07, 6.45) is 2.74. The molecule has 0 radical (unpaired) electrons. The van der Waals surface area contributed by atoms with Crippen LogP contribution in [0, 0.1) is 5.92 Å². The number of halogens is 1. The lowest BCUT2D eigenvalue weighted by molar-refractivity contribution is 0.165. The fraction of sp³-hybridized carbons (Fsp3) is 0.600. The van der Waals surface area contributed by atoms with Crippen LogP contribution in [0.4, 0.5) is 5.95 Å². The first-order chi connectivity index (χ1) is 7.79. The van der Waals surface area contributed by atoms with E-state index in [1.165, 1.54) is 0 Å². The monoisotopic (exact) mass is 287 g/mol. The third-order valence-corrected chi connectivity index (χ3v) is 2.96. The Bertz CT molecular complexity index is 356. The van der Waals surface area contributed by atoms with Gasteiger partial charge in [-0.25, -0.2) is 4.98 Å². The molecule has 1 aromatic rings. The van der Waals surface area contributed by atoms with Crippen molar-refractivity contribution in [2.45, 2.75) is 6.42 Å². The Morgan fingerprint density at radius 1 is 1.69 bits per heavy atom. The summed E-state index contributed by atoms with van der Waals surface area (Å²) in [6.45, 7) is 2.25. The van der Waals surface area contributed by atoms with Crippen molar-refractivity contribution in [2.75, 3.05) is 32.2 Å². The van der Waals surface area contributed by atoms with Crippen molar-refractivity contribution in [3.8, 4) is 5.88 Å². The van der Waals surface area contributed by atoms with Gasteiger partial charge in [-0.05, 0) is 22.4 Å². The number of nitrogens with zero attached hydrogens (tertiary/aromatic N) is 2. The molecule has 0 spiro atoms. The molecule has 1 saturated heterocycles. The summed E-state index contributed by atoms with van der Waals surface area (Å²) in [4.78, 5) is 8.28. The quantitative estimate of drug-likeness (QED) is 0.913. The molecule has 0 aliphatic carbocycles. The van der Waals surface area contributed by atoms with Crippen LogP contribution < -0.4 is 10.1 Å². The summed E-state index contributed by atoms with van der Waals surface area (Å²) in [7, 11) is 1.78. The lowest BCUT2D eigenvalue weighted by Crippen LogP contribution is -2.13. The number of hydrogen-bond donors (Lipinski definition) is 1. The molecular weight excluding hydrogens is 274 g/mol. The van der Waals surface area contributed by atoms with Gasteiger partial charge in [-0.3, -0.25) is 0 Å². The minimum atomic E-state index is 0.472. The van der Waals surface area contributed by atoms with E-state index >= 15 is 0 Å². The number of anilines is 1. The maximum absolute atomic E-state index is 5.65. The van der Waals surface area contributed by atoms with Crippen molar-refractivity contribution in [2.24, 2.45) is 5.92 Å². The SMILES string of the molecule is CNc1ncc(Br)c(OCC2CCOC2)n1. The summed E-state index contributed by atoms with van der Waals surface area (Å²) >= 11 is 3.36. The molecule has 2 rings (SSSR count). The van der Waals surface area contributed by atoms with E-state index in [9.17, 15) is 0 Å². The number of ether oxygens (including phenoxy) is 2. The number of hydrogen-bond acceptors (Lipinski definition) is 5. The van der Waals surface area contributed by atoms with Crippen molar-refractivity contribution in [1.82, 2.24) is 9.97 Å². The smallest absolute Gasteiger partial charge is 0.232 e. The van der Waals surface area contributed by atoms with Crippen LogP contribution in [0.2, 0.25) is 0 Å². The van der Waals surface area contributed by atoms with Gasteiger partial charge in [-0.1, -0.05) is 0 Å². The standard InChI is InChI=1S/C10H14BrN3O2/c1-12-10-13-4-8(11)9(14-10)16-6-7-2-3-15-5-7/h4,7H,2-3,5-6H2,1H3,(H,12,13,14). The zero-order valence-corrected chi connectivity index (χ0v) is 10.7. The molecule has 1 aliphatic rings. The topological polar surface area (TPSA) is 56.3 Å². The van der Waals surface area contributed by atoms with Gasteiger partial charge in [0.15, 0.2) is 0 Å². The highest BCUT2D eigenvalue weighted by Gasteiger charge is 2.17. The minimum Gasteiger partial charge on any atom is -0.476 e. The summed E-state index contributed by atoms with van der Waals surface area (Å²) in [6, 6.07) is 0. The van der Waals surface area contributed by atoms with Gasteiger partial charge >= 0.3 is 0 Å². The van der Waals surface area contributed by atoms with Crippen LogP contribution in [-0.4, -0.2) is 36.8 Å². The Hall–Kier alpha value is -0.880. The van der Waals surface area contributed by atoms with Crippen LogP contribution in [0.15, 0.2) is 10.7 Å². The molecule has 0 amide bonds. The predicted octanol–water partition coefficient (Wildman–Crippen LogP) is 1.70. The highest BCUT2D eigenvalue weighted by Crippen LogP contribution is 2.23. The second-order valence-corrected chi connectivity index (χ2v) is 4.49. The summed E-state index contributed by atoms with van der Waals surface area (Å²) in [5.74, 6) is 1.60. The Morgan fingerprint density at radius 3 is 3.25 bits per heavy atom. The van der Waals surface area contributed by atoms with E-state index in [2.05, 4.69) is 31.2 Å². The van der Waals surface area contributed by atoms with Gasteiger partial charge in [0, 0.05) is 19.6 Å². The van der Waals surface area contributed by atoms with E-state index in [1.807, 2.05) is 0 Å². The van der Waals surface area contributed by atoms with E-state index in [0.29, 0.717) is 24.4 Å². The zero-order chi connectivity index (χ0) is 11.4. The van der Waals surface area contributed by atoms with Crippen molar-refractivity contribution in [3.63, 3.8) is 0 Å². The van der Waals surface area contributed by atoms with Crippen LogP contribution in [0.1, 0.15) is 6.42 Å². The van der Waals surface area contributed by atoms with Crippen LogP contribution in [-0.2, 0) is 4.74 Å². The van der Waals surface area contributed by atoms with E-state index in [1.54, 1.807) is 13.2 Å². The number of aromatic nitrogens is 2. The Labute approximate surface area is 103 Å². The van der Waals surface area contributed by atoms with Gasteiger partial charge in [0.1, 0.15) is 0 Å². The van der Waals surface area contributed by atoms with Crippen molar-refractivity contribution < 1.29 is 9.47 Å². The van der Waals surface area contributed by atoms with Gasteiger partial charge in [0.25, 0.3) is 0 Å².